The number of urea groups is 1. The number of aromatic amines is 1. The van der Waals surface area contributed by atoms with Gasteiger partial charge in [0.25, 0.3) is 5.91 Å². The van der Waals surface area contributed by atoms with Gasteiger partial charge in [-0.3, -0.25) is 14.6 Å². The summed E-state index contributed by atoms with van der Waals surface area (Å²) in [6, 6.07) is 11.5. The van der Waals surface area contributed by atoms with Crippen LogP contribution in [0.25, 0.3) is 11.1 Å². The van der Waals surface area contributed by atoms with Crippen LogP contribution in [0.2, 0.25) is 0 Å². The lowest BCUT2D eigenvalue weighted by Gasteiger charge is -2.42. The maximum Gasteiger partial charge on any atom is 0.417 e. The highest BCUT2D eigenvalue weighted by molar-refractivity contribution is 5.91. The predicted molar refractivity (Wildman–Crippen MR) is 188 cm³/mol. The number of amides is 4. The lowest BCUT2D eigenvalue weighted by molar-refractivity contribution is -0.145. The van der Waals surface area contributed by atoms with Gasteiger partial charge in [-0.1, -0.05) is 24.3 Å². The van der Waals surface area contributed by atoms with Crippen molar-refractivity contribution in [3.05, 3.63) is 63.6 Å². The molecule has 4 amide bonds. The van der Waals surface area contributed by atoms with Gasteiger partial charge in [0.1, 0.15) is 0 Å². The number of hydrogen-bond acceptors (Lipinski definition) is 8. The Hall–Kier alpha value is -4.85. The second-order valence-electron chi connectivity index (χ2n) is 14.3. The smallest absolute Gasteiger partial charge is 0.417 e. The minimum absolute atomic E-state index is 0.0253. The zero-order valence-corrected chi connectivity index (χ0v) is 29.0. The van der Waals surface area contributed by atoms with E-state index in [1.807, 2.05) is 42.2 Å². The number of rotatable bonds is 7. The number of nitrogens with zero attached hydrogens (tertiary/aromatic N) is 4. The minimum atomic E-state index is -1.09. The van der Waals surface area contributed by atoms with E-state index in [2.05, 4.69) is 15.2 Å². The van der Waals surface area contributed by atoms with Gasteiger partial charge >= 0.3 is 23.8 Å². The maximum absolute atomic E-state index is 14.1. The van der Waals surface area contributed by atoms with Crippen LogP contribution in [-0.4, -0.2) is 118 Å². The third-order valence-corrected chi connectivity index (χ3v) is 11.2. The standard InChI is InChI=1S/C37H46N6O8/c1-23-20-24(21-30-32(23)39-36(48)50-30)22-31(33(44)41-15-9-27(10-16-41)40-13-6-26(7-14-40)34(45)46)51-37(49)42-17-11-28(12-18-42)43-19-8-25-4-2-3-5-29(25)38-35(43)47/h2-5,20-21,26-28,31H,6-19,22H2,1H3,(H,38,47)(H,39,48)(H,45,46)/t31-/m1/s1. The molecule has 3 N–H and O–H groups in total. The van der Waals surface area contributed by atoms with Crippen molar-refractivity contribution in [2.24, 2.45) is 5.92 Å². The second-order valence-corrected chi connectivity index (χ2v) is 14.3. The number of piperidine rings is 3. The summed E-state index contributed by atoms with van der Waals surface area (Å²) < 4.78 is 11.4. The number of carboxylic acids is 1. The number of oxazole rings is 1. The number of ether oxygens (including phenoxy) is 1. The van der Waals surface area contributed by atoms with Crippen molar-refractivity contribution in [3.63, 3.8) is 0 Å². The molecule has 7 rings (SSSR count). The Kier molecular flexibility index (Phi) is 10.0. The molecule has 14 heteroatoms. The first kappa shape index (κ1) is 34.6. The van der Waals surface area contributed by atoms with Crippen LogP contribution in [0.15, 0.2) is 45.6 Å². The van der Waals surface area contributed by atoms with Gasteiger partial charge in [-0.25, -0.2) is 14.4 Å². The van der Waals surface area contributed by atoms with Gasteiger partial charge in [0.2, 0.25) is 0 Å². The first-order valence-electron chi connectivity index (χ1n) is 18.1. The van der Waals surface area contributed by atoms with Crippen molar-refractivity contribution in [2.45, 2.75) is 76.5 Å². The van der Waals surface area contributed by atoms with Gasteiger partial charge in [-0.2, -0.15) is 0 Å². The van der Waals surface area contributed by atoms with E-state index >= 15 is 0 Å². The first-order chi connectivity index (χ1) is 24.6. The molecule has 51 heavy (non-hydrogen) atoms. The molecule has 0 spiro atoms. The van der Waals surface area contributed by atoms with Gasteiger partial charge in [0, 0.05) is 56.9 Å². The van der Waals surface area contributed by atoms with E-state index < -0.39 is 23.9 Å². The Morgan fingerprint density at radius 3 is 2.31 bits per heavy atom. The highest BCUT2D eigenvalue weighted by atomic mass is 16.6. The van der Waals surface area contributed by atoms with Crippen molar-refractivity contribution in [1.29, 1.82) is 0 Å². The van der Waals surface area contributed by atoms with E-state index in [0.717, 1.165) is 49.2 Å². The molecule has 0 radical (unpaired) electrons. The molecular formula is C37H46N6O8. The van der Waals surface area contributed by atoms with Crippen LogP contribution in [0.1, 0.15) is 55.2 Å². The molecule has 0 unspecified atom stereocenters. The average molecular weight is 703 g/mol. The lowest BCUT2D eigenvalue weighted by Crippen LogP contribution is -2.53. The summed E-state index contributed by atoms with van der Waals surface area (Å²) in [5, 5.41) is 12.4. The van der Waals surface area contributed by atoms with Gasteiger partial charge < -0.3 is 39.2 Å². The van der Waals surface area contributed by atoms with Gasteiger partial charge in [0.05, 0.1) is 11.4 Å². The van der Waals surface area contributed by atoms with E-state index in [9.17, 15) is 29.1 Å². The molecule has 3 fully saturated rings. The number of carboxylic acid groups (broad SMARTS) is 1. The molecular weight excluding hydrogens is 656 g/mol. The molecule has 0 saturated carbocycles. The number of anilines is 1. The number of aromatic nitrogens is 1. The van der Waals surface area contributed by atoms with Crippen LogP contribution in [0.5, 0.6) is 0 Å². The van der Waals surface area contributed by atoms with E-state index in [0.29, 0.717) is 75.1 Å². The molecule has 0 bridgehead atoms. The number of para-hydroxylation sites is 1. The third-order valence-electron chi connectivity index (χ3n) is 11.2. The molecule has 272 valence electrons. The second kappa shape index (κ2) is 14.8. The SMILES string of the molecule is Cc1cc(C[C@@H](OC(=O)N2CCC(N3CCc4ccccc4NC3=O)CC2)C(=O)N2CCC(N3CCC(C(=O)O)CC3)CC2)cc2oc(=O)[nH]c12. The summed E-state index contributed by atoms with van der Waals surface area (Å²) in [4.78, 5) is 74.5. The Morgan fingerprint density at radius 2 is 1.59 bits per heavy atom. The van der Waals surface area contributed by atoms with Gasteiger partial charge in [-0.15, -0.1) is 0 Å². The van der Waals surface area contributed by atoms with E-state index in [-0.39, 0.29) is 36.4 Å². The molecule has 1 atom stereocenters. The first-order valence-corrected chi connectivity index (χ1v) is 18.1. The number of hydrogen-bond donors (Lipinski definition) is 3. The topological polar surface area (TPSA) is 169 Å². The highest BCUT2D eigenvalue weighted by Crippen LogP contribution is 2.28. The summed E-state index contributed by atoms with van der Waals surface area (Å²) in [6.45, 7) is 5.71. The summed E-state index contributed by atoms with van der Waals surface area (Å²) in [5.41, 5.74) is 4.38. The quantitative estimate of drug-likeness (QED) is 0.332. The number of carbonyl (C=O) groups is 4. The van der Waals surface area contributed by atoms with Crippen LogP contribution in [0, 0.1) is 12.8 Å². The number of nitrogens with one attached hydrogen (secondary N) is 2. The van der Waals surface area contributed by atoms with Crippen LogP contribution in [-0.2, 0) is 27.2 Å². The van der Waals surface area contributed by atoms with Crippen LogP contribution < -0.4 is 11.1 Å². The maximum atomic E-state index is 14.1. The fraction of sp³-hybridized carbons (Fsp3) is 0.541. The molecule has 3 aromatic rings. The summed E-state index contributed by atoms with van der Waals surface area (Å²) >= 11 is 0. The summed E-state index contributed by atoms with van der Waals surface area (Å²) in [7, 11) is 0. The van der Waals surface area contributed by atoms with Crippen molar-refractivity contribution in [3.8, 4) is 0 Å². The largest absolute Gasteiger partial charge is 0.481 e. The number of aryl methyl sites for hydroxylation is 1. The van der Waals surface area contributed by atoms with Crippen molar-refractivity contribution < 1.29 is 33.4 Å². The fourth-order valence-electron chi connectivity index (χ4n) is 8.27. The van der Waals surface area contributed by atoms with Crippen LogP contribution >= 0.6 is 0 Å². The number of carbonyl (C=O) groups excluding carboxylic acids is 3. The number of aliphatic carboxylic acids is 1. The van der Waals surface area contributed by atoms with Crippen molar-refractivity contribution >= 4 is 40.8 Å². The Morgan fingerprint density at radius 1 is 0.902 bits per heavy atom. The summed E-state index contributed by atoms with van der Waals surface area (Å²) in [5.74, 6) is -1.86. The van der Waals surface area contributed by atoms with Gasteiger partial charge in [0.15, 0.2) is 11.7 Å². The van der Waals surface area contributed by atoms with E-state index in [4.69, 9.17) is 9.15 Å². The monoisotopic (exact) mass is 702 g/mol. The molecule has 5 heterocycles. The number of benzene rings is 2. The molecule has 4 aliphatic heterocycles. The van der Waals surface area contributed by atoms with Crippen LogP contribution in [0.3, 0.4) is 0 Å². The van der Waals surface area contributed by atoms with Crippen molar-refractivity contribution in [1.82, 2.24) is 24.6 Å². The molecule has 14 nitrogen and oxygen atoms in total. The van der Waals surface area contributed by atoms with E-state index in [1.165, 1.54) is 0 Å². The predicted octanol–water partition coefficient (Wildman–Crippen LogP) is 3.82. The Bertz CT molecular complexity index is 1830. The van der Waals surface area contributed by atoms with E-state index in [1.54, 1.807) is 15.9 Å². The van der Waals surface area contributed by atoms with Crippen molar-refractivity contribution in [2.75, 3.05) is 51.1 Å². The molecule has 1 aromatic heterocycles. The van der Waals surface area contributed by atoms with Crippen LogP contribution in [0.4, 0.5) is 15.3 Å². The third kappa shape index (κ3) is 7.60. The minimum Gasteiger partial charge on any atom is -0.481 e. The summed E-state index contributed by atoms with van der Waals surface area (Å²) in [6.07, 6.45) is 3.18. The van der Waals surface area contributed by atoms with Gasteiger partial charge in [-0.05, 0) is 93.8 Å². The average Bonchev–Trinajstić information content (AvgIpc) is 3.43. The molecule has 4 aliphatic rings. The molecule has 2 aromatic carbocycles. The molecule has 0 aliphatic carbocycles. The normalized spacial score (nSPS) is 20.5. The number of H-pyrrole nitrogens is 1. The molecule has 3 saturated heterocycles. The fourth-order valence-corrected chi connectivity index (χ4v) is 8.27. The number of likely N-dealkylation sites (tertiary alicyclic amines) is 3. The number of fused-ring (bicyclic) bond motifs is 2. The zero-order chi connectivity index (χ0) is 35.6. The lowest BCUT2D eigenvalue weighted by atomic mass is 9.93. The Balaban J connectivity index is 0.999. The Labute approximate surface area is 295 Å². The zero-order valence-electron chi connectivity index (χ0n) is 29.0. The highest BCUT2D eigenvalue weighted by Gasteiger charge is 2.37.